The molecule has 0 aliphatic heterocycles. The van der Waals surface area contributed by atoms with Gasteiger partial charge < -0.3 is 10.2 Å². The third-order valence-corrected chi connectivity index (χ3v) is 3.20. The van der Waals surface area contributed by atoms with Crippen molar-refractivity contribution in [1.82, 2.24) is 15.3 Å². The van der Waals surface area contributed by atoms with Gasteiger partial charge in [-0.25, -0.2) is 9.97 Å². The highest BCUT2D eigenvalue weighted by Crippen LogP contribution is 2.20. The molecule has 0 aliphatic carbocycles. The minimum atomic E-state index is 0.0943. The Bertz CT molecular complexity index is 584. The van der Waals surface area contributed by atoms with E-state index in [-0.39, 0.29) is 5.54 Å². The molecule has 2 rings (SSSR count). The smallest absolute Gasteiger partial charge is 0.229 e. The van der Waals surface area contributed by atoms with Crippen molar-refractivity contribution in [2.75, 3.05) is 11.9 Å². The highest BCUT2D eigenvalue weighted by atomic mass is 15.2. The summed E-state index contributed by atoms with van der Waals surface area (Å²) in [5.41, 5.74) is 3.50. The van der Waals surface area contributed by atoms with E-state index < -0.39 is 0 Å². The number of hydrogen-bond donors (Lipinski definition) is 1. The number of nitrogens with one attached hydrogen (secondary N) is 1. The molecule has 0 fully saturated rings. The first-order chi connectivity index (χ1) is 9.85. The van der Waals surface area contributed by atoms with Gasteiger partial charge in [0.1, 0.15) is 0 Å². The lowest BCUT2D eigenvalue weighted by Crippen LogP contribution is -2.35. The number of rotatable bonds is 4. The third-order valence-electron chi connectivity index (χ3n) is 3.20. The van der Waals surface area contributed by atoms with Crippen LogP contribution in [0.4, 0.5) is 11.6 Å². The first kappa shape index (κ1) is 15.4. The zero-order valence-electron chi connectivity index (χ0n) is 13.5. The molecule has 2 aromatic rings. The fourth-order valence-electron chi connectivity index (χ4n) is 1.93. The lowest BCUT2D eigenvalue weighted by molar-refractivity contribution is 0.423. The number of aryl methyl sites for hydroxylation is 1. The number of anilines is 2. The van der Waals surface area contributed by atoms with Gasteiger partial charge in [-0.15, -0.1) is 0 Å². The van der Waals surface area contributed by atoms with Crippen molar-refractivity contribution in [1.29, 1.82) is 0 Å². The van der Waals surface area contributed by atoms with E-state index in [0.717, 1.165) is 17.8 Å². The van der Waals surface area contributed by atoms with Crippen LogP contribution in [0.3, 0.4) is 0 Å². The van der Waals surface area contributed by atoms with E-state index in [1.807, 2.05) is 30.4 Å². The van der Waals surface area contributed by atoms with Crippen LogP contribution in [0, 0.1) is 6.92 Å². The minimum Gasteiger partial charge on any atom is -0.314 e. The number of nitrogens with zero attached hydrogens (tertiary/aromatic N) is 3. The van der Waals surface area contributed by atoms with Crippen molar-refractivity contribution in [2.45, 2.75) is 39.8 Å². The van der Waals surface area contributed by atoms with Crippen LogP contribution in [0.15, 0.2) is 36.7 Å². The molecule has 4 heteroatoms. The molecule has 21 heavy (non-hydrogen) atoms. The van der Waals surface area contributed by atoms with Crippen LogP contribution in [0.2, 0.25) is 0 Å². The molecule has 0 spiro atoms. The van der Waals surface area contributed by atoms with E-state index in [2.05, 4.69) is 61.2 Å². The highest BCUT2D eigenvalue weighted by molar-refractivity contribution is 5.56. The average molecular weight is 284 g/mol. The summed E-state index contributed by atoms with van der Waals surface area (Å²) in [6.45, 7) is 9.30. The van der Waals surface area contributed by atoms with Crippen molar-refractivity contribution < 1.29 is 0 Å². The molecule has 1 aromatic carbocycles. The van der Waals surface area contributed by atoms with E-state index in [0.29, 0.717) is 5.95 Å². The summed E-state index contributed by atoms with van der Waals surface area (Å²) in [6.07, 6.45) is 3.76. The Morgan fingerprint density at radius 1 is 1.14 bits per heavy atom. The molecule has 112 valence electrons. The normalized spacial score (nSPS) is 11.5. The zero-order chi connectivity index (χ0) is 15.5. The van der Waals surface area contributed by atoms with Gasteiger partial charge in [0, 0.05) is 42.8 Å². The molecule has 1 N–H and O–H groups in total. The molecule has 0 unspecified atom stereocenters. The fraction of sp³-hybridized carbons (Fsp3) is 0.412. The van der Waals surface area contributed by atoms with Crippen LogP contribution in [0.1, 0.15) is 31.9 Å². The third kappa shape index (κ3) is 4.53. The van der Waals surface area contributed by atoms with E-state index in [1.165, 1.54) is 5.56 Å². The summed E-state index contributed by atoms with van der Waals surface area (Å²) in [6, 6.07) is 8.31. The Labute approximate surface area is 127 Å². The van der Waals surface area contributed by atoms with E-state index in [9.17, 15) is 0 Å². The topological polar surface area (TPSA) is 41.1 Å². The molecule has 0 radical (unpaired) electrons. The van der Waals surface area contributed by atoms with Gasteiger partial charge in [-0.05, 0) is 45.4 Å². The van der Waals surface area contributed by atoms with Crippen molar-refractivity contribution in [2.24, 2.45) is 0 Å². The SMILES string of the molecule is Cc1cccc(N(C)c2ncc(CNC(C)(C)C)cn2)c1. The van der Waals surface area contributed by atoms with Crippen molar-refractivity contribution >= 4 is 11.6 Å². The Morgan fingerprint density at radius 2 is 1.81 bits per heavy atom. The Kier molecular flexibility index (Phi) is 4.58. The maximum atomic E-state index is 4.46. The minimum absolute atomic E-state index is 0.0943. The fourth-order valence-corrected chi connectivity index (χ4v) is 1.93. The quantitative estimate of drug-likeness (QED) is 0.933. The van der Waals surface area contributed by atoms with Crippen molar-refractivity contribution in [3.8, 4) is 0 Å². The highest BCUT2D eigenvalue weighted by Gasteiger charge is 2.10. The summed E-state index contributed by atoms with van der Waals surface area (Å²) in [7, 11) is 1.98. The zero-order valence-corrected chi connectivity index (χ0v) is 13.5. The average Bonchev–Trinajstić information content (AvgIpc) is 2.44. The van der Waals surface area contributed by atoms with Gasteiger partial charge in [0.2, 0.25) is 5.95 Å². The first-order valence-electron chi connectivity index (χ1n) is 7.21. The molecule has 1 heterocycles. The molecule has 0 saturated carbocycles. The van der Waals surface area contributed by atoms with Gasteiger partial charge in [-0.2, -0.15) is 0 Å². The van der Waals surface area contributed by atoms with Gasteiger partial charge in [-0.1, -0.05) is 12.1 Å². The molecule has 0 amide bonds. The van der Waals surface area contributed by atoms with Crippen LogP contribution >= 0.6 is 0 Å². The van der Waals surface area contributed by atoms with E-state index in [4.69, 9.17) is 0 Å². The predicted molar refractivity (Wildman–Crippen MR) is 87.9 cm³/mol. The molecule has 0 aliphatic rings. The van der Waals surface area contributed by atoms with Gasteiger partial charge in [0.25, 0.3) is 0 Å². The first-order valence-corrected chi connectivity index (χ1v) is 7.21. The summed E-state index contributed by atoms with van der Waals surface area (Å²) in [5, 5.41) is 3.43. The van der Waals surface area contributed by atoms with Gasteiger partial charge in [0.15, 0.2) is 0 Å². The summed E-state index contributed by atoms with van der Waals surface area (Å²) in [4.78, 5) is 10.9. The van der Waals surface area contributed by atoms with Crippen molar-refractivity contribution in [3.63, 3.8) is 0 Å². The lowest BCUT2D eigenvalue weighted by Gasteiger charge is -2.21. The number of hydrogen-bond acceptors (Lipinski definition) is 4. The van der Waals surface area contributed by atoms with E-state index >= 15 is 0 Å². The Morgan fingerprint density at radius 3 is 2.38 bits per heavy atom. The van der Waals surface area contributed by atoms with Crippen LogP contribution < -0.4 is 10.2 Å². The summed E-state index contributed by atoms with van der Waals surface area (Å²) < 4.78 is 0. The van der Waals surface area contributed by atoms with E-state index in [1.54, 1.807) is 0 Å². The summed E-state index contributed by atoms with van der Waals surface area (Å²) in [5.74, 6) is 0.708. The molecule has 0 bridgehead atoms. The molecule has 1 aromatic heterocycles. The van der Waals surface area contributed by atoms with Crippen LogP contribution in [0.5, 0.6) is 0 Å². The van der Waals surface area contributed by atoms with Crippen molar-refractivity contribution in [3.05, 3.63) is 47.8 Å². The molecular weight excluding hydrogens is 260 g/mol. The monoisotopic (exact) mass is 284 g/mol. The molecule has 0 saturated heterocycles. The van der Waals surface area contributed by atoms with Gasteiger partial charge in [-0.3, -0.25) is 0 Å². The Hall–Kier alpha value is -1.94. The van der Waals surface area contributed by atoms with Gasteiger partial charge in [0.05, 0.1) is 0 Å². The van der Waals surface area contributed by atoms with Crippen LogP contribution in [-0.2, 0) is 6.54 Å². The van der Waals surface area contributed by atoms with Gasteiger partial charge >= 0.3 is 0 Å². The summed E-state index contributed by atoms with van der Waals surface area (Å²) >= 11 is 0. The standard InChI is InChI=1S/C17H24N4/c1-13-7-6-8-15(9-13)21(5)16-18-10-14(11-19-16)12-20-17(2,3)4/h6-11,20H,12H2,1-5H3. The molecule has 4 nitrogen and oxygen atoms in total. The number of aromatic nitrogens is 2. The molecule has 0 atom stereocenters. The second kappa shape index (κ2) is 6.22. The largest absolute Gasteiger partial charge is 0.314 e. The van der Waals surface area contributed by atoms with Crippen LogP contribution in [0.25, 0.3) is 0 Å². The number of benzene rings is 1. The van der Waals surface area contributed by atoms with Crippen LogP contribution in [-0.4, -0.2) is 22.6 Å². The predicted octanol–water partition coefficient (Wildman–Crippen LogP) is 3.44. The maximum absolute atomic E-state index is 4.46. The second-order valence-corrected chi connectivity index (χ2v) is 6.39. The second-order valence-electron chi connectivity index (χ2n) is 6.39. The molecular formula is C17H24N4. The lowest BCUT2D eigenvalue weighted by atomic mass is 10.1. The Balaban J connectivity index is 2.08. The maximum Gasteiger partial charge on any atom is 0.229 e.